The van der Waals surface area contributed by atoms with Gasteiger partial charge < -0.3 is 5.11 Å². The summed E-state index contributed by atoms with van der Waals surface area (Å²) in [6.45, 7) is 8.95. The van der Waals surface area contributed by atoms with Crippen molar-refractivity contribution in [1.82, 2.24) is 4.90 Å². The summed E-state index contributed by atoms with van der Waals surface area (Å²) >= 11 is 1.77. The van der Waals surface area contributed by atoms with Gasteiger partial charge in [0.05, 0.1) is 6.61 Å². The lowest BCUT2D eigenvalue weighted by atomic mass is 10.2. The Hall–Kier alpha value is -0.820. The molecule has 2 nitrogen and oxygen atoms in total. The van der Waals surface area contributed by atoms with Gasteiger partial charge in [0, 0.05) is 34.8 Å². The van der Waals surface area contributed by atoms with Crippen molar-refractivity contribution in [3.05, 3.63) is 21.9 Å². The van der Waals surface area contributed by atoms with Crippen molar-refractivity contribution in [2.45, 2.75) is 46.2 Å². The van der Waals surface area contributed by atoms with E-state index in [1.54, 1.807) is 11.3 Å². The quantitative estimate of drug-likeness (QED) is 0.799. The van der Waals surface area contributed by atoms with E-state index in [4.69, 9.17) is 5.11 Å². The van der Waals surface area contributed by atoms with E-state index in [1.807, 2.05) is 0 Å². The molecule has 1 heterocycles. The van der Waals surface area contributed by atoms with Crippen LogP contribution in [0.3, 0.4) is 0 Å². The van der Waals surface area contributed by atoms with Crippen LogP contribution in [0, 0.1) is 11.8 Å². The van der Waals surface area contributed by atoms with Gasteiger partial charge in [-0.2, -0.15) is 0 Å². The van der Waals surface area contributed by atoms with Gasteiger partial charge in [0.25, 0.3) is 0 Å². The molecule has 0 spiro atoms. The lowest BCUT2D eigenvalue weighted by Crippen LogP contribution is -2.31. The largest absolute Gasteiger partial charge is 0.395 e. The van der Waals surface area contributed by atoms with Gasteiger partial charge in [-0.05, 0) is 26.0 Å². The van der Waals surface area contributed by atoms with Crippen LogP contribution in [-0.4, -0.2) is 29.2 Å². The molecule has 0 aliphatic rings. The Labute approximate surface area is 115 Å². The summed E-state index contributed by atoms with van der Waals surface area (Å²) in [6.07, 6.45) is 1.74. The first kappa shape index (κ1) is 15.2. The van der Waals surface area contributed by atoms with Crippen LogP contribution in [0.15, 0.2) is 11.4 Å². The lowest BCUT2D eigenvalue weighted by molar-refractivity contribution is 0.208. The minimum absolute atomic E-state index is 0.140. The first-order valence-corrected chi connectivity index (χ1v) is 7.50. The van der Waals surface area contributed by atoms with E-state index in [0.717, 1.165) is 18.7 Å². The second-order valence-corrected chi connectivity index (χ2v) is 5.39. The SMILES string of the molecule is CCC(C)N(CC)Cc1cc(C#CCCO)cs1. The maximum atomic E-state index is 8.68. The Kier molecular flexibility index (Phi) is 7.04. The fourth-order valence-corrected chi connectivity index (χ4v) is 2.63. The van der Waals surface area contributed by atoms with Gasteiger partial charge in [-0.1, -0.05) is 25.7 Å². The molecule has 0 bridgehead atoms. The average molecular weight is 265 g/mol. The fourth-order valence-electron chi connectivity index (χ4n) is 1.79. The summed E-state index contributed by atoms with van der Waals surface area (Å²) in [7, 11) is 0. The first-order valence-electron chi connectivity index (χ1n) is 6.62. The number of thiophene rings is 1. The zero-order valence-electron chi connectivity index (χ0n) is 11.6. The topological polar surface area (TPSA) is 23.5 Å². The van der Waals surface area contributed by atoms with Crippen molar-refractivity contribution >= 4 is 11.3 Å². The Bertz CT molecular complexity index is 402. The Morgan fingerprint density at radius 3 is 2.83 bits per heavy atom. The predicted molar refractivity (Wildman–Crippen MR) is 78.7 cm³/mol. The molecule has 1 atom stereocenters. The van der Waals surface area contributed by atoms with Gasteiger partial charge in [-0.3, -0.25) is 4.90 Å². The van der Waals surface area contributed by atoms with Crippen LogP contribution in [0.4, 0.5) is 0 Å². The zero-order valence-corrected chi connectivity index (χ0v) is 12.4. The second kappa shape index (κ2) is 8.31. The van der Waals surface area contributed by atoms with Crippen LogP contribution in [0.2, 0.25) is 0 Å². The summed E-state index contributed by atoms with van der Waals surface area (Å²) in [4.78, 5) is 3.85. The molecule has 0 radical (unpaired) electrons. The monoisotopic (exact) mass is 265 g/mol. The van der Waals surface area contributed by atoms with E-state index in [9.17, 15) is 0 Å². The molecule has 0 saturated carbocycles. The molecule has 1 N–H and O–H groups in total. The molecular weight excluding hydrogens is 242 g/mol. The number of hydrogen-bond donors (Lipinski definition) is 1. The number of rotatable bonds is 6. The van der Waals surface area contributed by atoms with E-state index in [2.05, 4.69) is 49.0 Å². The molecule has 0 aromatic carbocycles. The highest BCUT2D eigenvalue weighted by Gasteiger charge is 2.11. The highest BCUT2D eigenvalue weighted by atomic mass is 32.1. The number of nitrogens with zero attached hydrogens (tertiary/aromatic N) is 1. The van der Waals surface area contributed by atoms with Crippen LogP contribution in [0.25, 0.3) is 0 Å². The van der Waals surface area contributed by atoms with Gasteiger partial charge in [0.15, 0.2) is 0 Å². The molecule has 1 aromatic rings. The Morgan fingerprint density at radius 1 is 1.44 bits per heavy atom. The first-order chi connectivity index (χ1) is 8.71. The van der Waals surface area contributed by atoms with Gasteiger partial charge in [-0.15, -0.1) is 11.3 Å². The third kappa shape index (κ3) is 4.81. The molecule has 18 heavy (non-hydrogen) atoms. The van der Waals surface area contributed by atoms with Gasteiger partial charge in [0.1, 0.15) is 0 Å². The highest BCUT2D eigenvalue weighted by Crippen LogP contribution is 2.18. The minimum Gasteiger partial charge on any atom is -0.395 e. The fraction of sp³-hybridized carbons (Fsp3) is 0.600. The zero-order chi connectivity index (χ0) is 13.4. The van der Waals surface area contributed by atoms with Crippen molar-refractivity contribution in [2.75, 3.05) is 13.2 Å². The molecule has 1 unspecified atom stereocenters. The van der Waals surface area contributed by atoms with Crippen LogP contribution in [-0.2, 0) is 6.54 Å². The standard InChI is InChI=1S/C15H23NOS/c1-4-13(3)16(5-2)11-15-10-14(12-18-15)8-6-7-9-17/h10,12-13,17H,4-5,7,9,11H2,1-3H3. The van der Waals surface area contributed by atoms with E-state index in [1.165, 1.54) is 11.3 Å². The van der Waals surface area contributed by atoms with E-state index >= 15 is 0 Å². The molecule has 1 aromatic heterocycles. The maximum Gasteiger partial charge on any atom is 0.0540 e. The van der Waals surface area contributed by atoms with Gasteiger partial charge >= 0.3 is 0 Å². The molecule has 100 valence electrons. The van der Waals surface area contributed by atoms with E-state index < -0.39 is 0 Å². The summed E-state index contributed by atoms with van der Waals surface area (Å²) in [5.41, 5.74) is 1.07. The lowest BCUT2D eigenvalue weighted by Gasteiger charge is -2.26. The third-order valence-corrected chi connectivity index (χ3v) is 4.02. The molecule has 0 fully saturated rings. The third-order valence-electron chi connectivity index (χ3n) is 3.10. The minimum atomic E-state index is 0.140. The Morgan fingerprint density at radius 2 is 2.22 bits per heavy atom. The molecule has 0 aliphatic heterocycles. The second-order valence-electron chi connectivity index (χ2n) is 4.40. The summed E-state index contributed by atoms with van der Waals surface area (Å²) in [5, 5.41) is 10.8. The van der Waals surface area contributed by atoms with Gasteiger partial charge in [0.2, 0.25) is 0 Å². The number of aliphatic hydroxyl groups excluding tert-OH is 1. The van der Waals surface area contributed by atoms with Crippen LogP contribution < -0.4 is 0 Å². The van der Waals surface area contributed by atoms with Crippen molar-refractivity contribution in [1.29, 1.82) is 0 Å². The summed E-state index contributed by atoms with van der Waals surface area (Å²) in [5.74, 6) is 6.04. The van der Waals surface area contributed by atoms with Crippen LogP contribution in [0.5, 0.6) is 0 Å². The normalized spacial score (nSPS) is 12.3. The van der Waals surface area contributed by atoms with E-state index in [-0.39, 0.29) is 6.61 Å². The van der Waals surface area contributed by atoms with Crippen molar-refractivity contribution < 1.29 is 5.11 Å². The highest BCUT2D eigenvalue weighted by molar-refractivity contribution is 7.10. The molecule has 3 heteroatoms. The molecule has 0 saturated heterocycles. The maximum absolute atomic E-state index is 8.68. The molecule has 0 amide bonds. The van der Waals surface area contributed by atoms with Crippen molar-refractivity contribution in [3.63, 3.8) is 0 Å². The molecule has 1 rings (SSSR count). The van der Waals surface area contributed by atoms with E-state index in [0.29, 0.717) is 12.5 Å². The van der Waals surface area contributed by atoms with Gasteiger partial charge in [-0.25, -0.2) is 0 Å². The number of hydrogen-bond acceptors (Lipinski definition) is 3. The smallest absolute Gasteiger partial charge is 0.0540 e. The average Bonchev–Trinajstić information content (AvgIpc) is 2.83. The summed E-state index contributed by atoms with van der Waals surface area (Å²) < 4.78 is 0. The van der Waals surface area contributed by atoms with Crippen LogP contribution in [0.1, 0.15) is 44.1 Å². The number of aliphatic hydroxyl groups is 1. The van der Waals surface area contributed by atoms with Crippen LogP contribution >= 0.6 is 11.3 Å². The summed E-state index contributed by atoms with van der Waals surface area (Å²) in [6, 6.07) is 2.79. The van der Waals surface area contributed by atoms with Crippen molar-refractivity contribution in [2.24, 2.45) is 0 Å². The molecular formula is C15H23NOS. The predicted octanol–water partition coefficient (Wildman–Crippen LogP) is 3.10. The molecule has 0 aliphatic carbocycles. The van der Waals surface area contributed by atoms with Crippen molar-refractivity contribution in [3.8, 4) is 11.8 Å². The Balaban J connectivity index is 2.60.